The lowest BCUT2D eigenvalue weighted by Gasteiger charge is -2.49. The highest BCUT2D eigenvalue weighted by Crippen LogP contribution is 2.78. The molecule has 2 aliphatic rings. The van der Waals surface area contributed by atoms with E-state index in [1.165, 1.54) is 16.7 Å². The molecule has 0 radical (unpaired) electrons. The monoisotopic (exact) mass is 873 g/mol. The Morgan fingerprint density at radius 1 is 0.508 bits per heavy atom. The summed E-state index contributed by atoms with van der Waals surface area (Å²) in [7, 11) is -7.62. The van der Waals surface area contributed by atoms with E-state index in [0.717, 1.165) is 54.5 Å². The topological polar surface area (TPSA) is 60.4 Å². The molecule has 340 valence electrons. The van der Waals surface area contributed by atoms with Crippen molar-refractivity contribution in [2.75, 3.05) is 5.75 Å². The molecule has 6 heteroatoms. The van der Waals surface area contributed by atoms with Gasteiger partial charge in [-0.3, -0.25) is 4.79 Å². The maximum atomic E-state index is 16.2. The average Bonchev–Trinajstić information content (AvgIpc) is 3.49. The summed E-state index contributed by atoms with van der Waals surface area (Å²) in [6.07, 6.45) is 1.90. The molecule has 0 N–H and O–H groups in total. The molecule has 0 aromatic heterocycles. The summed E-state index contributed by atoms with van der Waals surface area (Å²) < 4.78 is 40.3. The summed E-state index contributed by atoms with van der Waals surface area (Å²) in [4.78, 5) is 17.4. The van der Waals surface area contributed by atoms with Crippen molar-refractivity contribution in [1.82, 2.24) is 0 Å². The van der Waals surface area contributed by atoms with Gasteiger partial charge in [-0.2, -0.15) is 8.42 Å². The summed E-state index contributed by atoms with van der Waals surface area (Å²) in [5.74, 6) is 1.17. The second-order valence-electron chi connectivity index (χ2n) is 22.5. The first-order valence-electron chi connectivity index (χ1n) is 23.9. The van der Waals surface area contributed by atoms with E-state index in [1.807, 2.05) is 0 Å². The fourth-order valence-electron chi connectivity index (χ4n) is 10.7. The van der Waals surface area contributed by atoms with Gasteiger partial charge in [-0.1, -0.05) is 175 Å². The third kappa shape index (κ3) is 8.75. The fourth-order valence-corrected chi connectivity index (χ4v) is 18.6. The van der Waals surface area contributed by atoms with Crippen molar-refractivity contribution in [3.63, 3.8) is 0 Å². The zero-order valence-electron chi connectivity index (χ0n) is 42.0. The summed E-state index contributed by atoms with van der Waals surface area (Å²) in [6, 6.07) is 14.3. The van der Waals surface area contributed by atoms with Gasteiger partial charge >= 0.3 is 0 Å². The molecule has 2 fully saturated rings. The van der Waals surface area contributed by atoms with Crippen molar-refractivity contribution in [2.45, 2.75) is 226 Å². The van der Waals surface area contributed by atoms with E-state index in [1.54, 1.807) is 0 Å². The van der Waals surface area contributed by atoms with Crippen LogP contribution in [0.2, 0.25) is 0 Å². The second-order valence-corrected chi connectivity index (χ2v) is 26.8. The van der Waals surface area contributed by atoms with Gasteiger partial charge in [-0.05, 0) is 138 Å². The quantitative estimate of drug-likeness (QED) is 0.144. The lowest BCUT2D eigenvalue weighted by Crippen LogP contribution is -2.43. The summed E-state index contributed by atoms with van der Waals surface area (Å²) in [6.45, 7) is 45.1. The maximum absolute atomic E-state index is 16.2. The zero-order chi connectivity index (χ0) is 46.1. The van der Waals surface area contributed by atoms with Gasteiger partial charge in [0.15, 0.2) is 0 Å². The van der Waals surface area contributed by atoms with Crippen LogP contribution in [0.1, 0.15) is 261 Å². The molecule has 5 rings (SSSR count). The Balaban J connectivity index is 2.23. The Morgan fingerprint density at radius 3 is 0.984 bits per heavy atom. The van der Waals surface area contributed by atoms with Crippen molar-refractivity contribution in [3.8, 4) is 0 Å². The Labute approximate surface area is 375 Å². The summed E-state index contributed by atoms with van der Waals surface area (Å²) >= 11 is 0. The largest absolute Gasteiger partial charge is 0.299 e. The van der Waals surface area contributed by atoms with Crippen molar-refractivity contribution in [3.05, 3.63) is 86.5 Å². The van der Waals surface area contributed by atoms with Crippen molar-refractivity contribution >= 4 is 26.2 Å². The van der Waals surface area contributed by atoms with Crippen LogP contribution in [0.4, 0.5) is 0 Å². The molecule has 2 saturated carbocycles. The molecule has 0 heterocycles. The number of rotatable bonds is 16. The predicted octanol–water partition coefficient (Wildman–Crippen LogP) is 16.7. The van der Waals surface area contributed by atoms with Gasteiger partial charge in [-0.25, -0.2) is 3.63 Å². The normalized spacial score (nSPS) is 19.9. The molecule has 2 unspecified atom stereocenters. The van der Waals surface area contributed by atoms with E-state index >= 15 is 8.42 Å². The standard InChI is InChI=1S/C55H84O4S2/c1-31(2)40-23-44(34(7)8)51(45(24-40)35(9)10)61(52-46(36(11)12)25-41(32(3)4)26-47(52)37(13)14,53-48(38(15)16)27-42(33(5)6)28-49(53)39(17)18)59-60(57,58)30-55-22-21-43(29-50(55)56)54(55,19)20/h23-28,31-39,43H,21-22,29-30H2,1-20H3. The lowest BCUT2D eigenvalue weighted by molar-refractivity contribution is -0.128. The van der Waals surface area contributed by atoms with E-state index in [2.05, 4.69) is 175 Å². The average molecular weight is 873 g/mol. The molecule has 2 bridgehead atoms. The minimum absolute atomic E-state index is 0.0637. The maximum Gasteiger partial charge on any atom is 0.278 e. The van der Waals surface area contributed by atoms with E-state index in [9.17, 15) is 4.79 Å². The third-order valence-electron chi connectivity index (χ3n) is 14.9. The Kier molecular flexibility index (Phi) is 14.5. The van der Waals surface area contributed by atoms with Crippen LogP contribution in [0.25, 0.3) is 0 Å². The van der Waals surface area contributed by atoms with E-state index < -0.39 is 31.3 Å². The Morgan fingerprint density at radius 2 is 0.787 bits per heavy atom. The predicted molar refractivity (Wildman–Crippen MR) is 262 cm³/mol. The fraction of sp³-hybridized carbons (Fsp3) is 0.655. The lowest BCUT2D eigenvalue weighted by atomic mass is 9.70. The molecule has 3 aromatic carbocycles. The number of carbonyl (C=O) groups excluding carboxylic acids is 1. The van der Waals surface area contributed by atoms with Crippen molar-refractivity contribution < 1.29 is 16.8 Å². The van der Waals surface area contributed by atoms with Crippen LogP contribution >= 0.6 is 10.3 Å². The molecule has 0 saturated heterocycles. The molecule has 2 atom stereocenters. The van der Waals surface area contributed by atoms with Gasteiger partial charge in [0.25, 0.3) is 10.1 Å². The van der Waals surface area contributed by atoms with Gasteiger partial charge in [0.1, 0.15) is 5.78 Å². The van der Waals surface area contributed by atoms with Gasteiger partial charge in [-0.15, -0.1) is 0 Å². The molecule has 2 aliphatic carbocycles. The van der Waals surface area contributed by atoms with E-state index in [-0.39, 0.29) is 70.7 Å². The smallest absolute Gasteiger partial charge is 0.278 e. The van der Waals surface area contributed by atoms with Crippen LogP contribution < -0.4 is 0 Å². The first kappa shape index (κ1) is 49.6. The summed E-state index contributed by atoms with van der Waals surface area (Å²) in [5, 5.41) is 0. The highest BCUT2D eigenvalue weighted by Gasteiger charge is 2.66. The highest BCUT2D eigenvalue weighted by atomic mass is 32.3. The highest BCUT2D eigenvalue weighted by molar-refractivity contribution is 8.33. The van der Waals surface area contributed by atoms with Crippen LogP contribution in [-0.2, 0) is 18.5 Å². The molecular formula is C55H84O4S2. The molecule has 3 aromatic rings. The van der Waals surface area contributed by atoms with Gasteiger partial charge in [0.2, 0.25) is 0 Å². The first-order chi connectivity index (χ1) is 28.1. The van der Waals surface area contributed by atoms with Gasteiger partial charge < -0.3 is 0 Å². The Hall–Kier alpha value is -2.41. The minimum Gasteiger partial charge on any atom is -0.299 e. The minimum atomic E-state index is -4.43. The van der Waals surface area contributed by atoms with Crippen LogP contribution in [0.5, 0.6) is 0 Å². The second kappa shape index (κ2) is 17.9. The number of hydrogen-bond acceptors (Lipinski definition) is 4. The van der Waals surface area contributed by atoms with Gasteiger partial charge in [0.05, 0.1) is 11.2 Å². The number of Topliss-reactive ketones (excluding diaryl/α,β-unsaturated/α-hetero) is 1. The molecular weight excluding hydrogens is 789 g/mol. The van der Waals surface area contributed by atoms with Crippen molar-refractivity contribution in [2.24, 2.45) is 16.7 Å². The van der Waals surface area contributed by atoms with Crippen LogP contribution in [0, 0.1) is 16.7 Å². The van der Waals surface area contributed by atoms with Crippen LogP contribution in [0.3, 0.4) is 0 Å². The van der Waals surface area contributed by atoms with E-state index in [4.69, 9.17) is 3.63 Å². The van der Waals surface area contributed by atoms with Crippen LogP contribution in [-0.4, -0.2) is 20.0 Å². The molecule has 0 aliphatic heterocycles. The van der Waals surface area contributed by atoms with Crippen LogP contribution in [0.15, 0.2) is 51.1 Å². The zero-order valence-corrected chi connectivity index (χ0v) is 43.6. The molecule has 0 spiro atoms. The number of hydrogen-bond donors (Lipinski definition) is 0. The Bertz CT molecular complexity index is 1950. The third-order valence-corrected chi connectivity index (χ3v) is 20.5. The first-order valence-corrected chi connectivity index (χ1v) is 27.0. The molecule has 0 amide bonds. The SMILES string of the molecule is CC(C)c1cc(C(C)C)c(S(OS(=O)(=O)CC23CCC(CC2=O)C3(C)C)(c2c(C(C)C)cc(C(C)C)cc2C(C)C)c2c(C(C)C)cc(C(C)C)cc2C(C)C)c(C(C)C)c1. The molecule has 4 nitrogen and oxygen atoms in total. The summed E-state index contributed by atoms with van der Waals surface area (Å²) in [5.41, 5.74) is 9.29. The van der Waals surface area contributed by atoms with E-state index in [0.29, 0.717) is 12.8 Å². The van der Waals surface area contributed by atoms with Gasteiger partial charge in [0, 0.05) is 21.1 Å². The molecule has 61 heavy (non-hydrogen) atoms. The van der Waals surface area contributed by atoms with Crippen molar-refractivity contribution in [1.29, 1.82) is 0 Å². The number of carbonyl (C=O) groups is 1. The number of ketones is 1. The number of fused-ring (bicyclic) bond motifs is 2. The number of benzene rings is 3.